The van der Waals surface area contributed by atoms with E-state index in [-0.39, 0.29) is 0 Å². The summed E-state index contributed by atoms with van der Waals surface area (Å²) in [6.07, 6.45) is 9.72. The third-order valence-electron chi connectivity index (χ3n) is 3.88. The van der Waals surface area contributed by atoms with Gasteiger partial charge in [0.2, 0.25) is 0 Å². The van der Waals surface area contributed by atoms with Gasteiger partial charge in [0, 0.05) is 5.92 Å². The number of allylic oxidation sites excluding steroid dienone is 1. The molecule has 0 saturated heterocycles. The molecule has 2 rings (SSSR count). The largest absolute Gasteiger partial charge is 0.390 e. The molecule has 0 heterocycles. The van der Waals surface area contributed by atoms with E-state index in [0.717, 1.165) is 19.3 Å². The Morgan fingerprint density at radius 2 is 2.00 bits per heavy atom. The lowest BCUT2D eigenvalue weighted by molar-refractivity contribution is 0.0362. The molecule has 2 unspecified atom stereocenters. The minimum atomic E-state index is -0.540. The Morgan fingerprint density at radius 1 is 1.22 bits per heavy atom. The van der Waals surface area contributed by atoms with Crippen LogP contribution in [-0.4, -0.2) is 10.7 Å². The molecule has 2 atom stereocenters. The lowest BCUT2D eigenvalue weighted by Gasteiger charge is -2.26. The van der Waals surface area contributed by atoms with E-state index in [1.807, 2.05) is 6.92 Å². The van der Waals surface area contributed by atoms with E-state index in [1.54, 1.807) is 0 Å². The number of aliphatic hydroxyl groups is 1. The number of unbranched alkanes of at least 4 members (excludes halogenated alkanes) is 2. The summed E-state index contributed by atoms with van der Waals surface area (Å²) in [5.74, 6) is 0.387. The average molecular weight is 244 g/mol. The highest BCUT2D eigenvalue weighted by molar-refractivity contribution is 5.62. The van der Waals surface area contributed by atoms with Crippen molar-refractivity contribution in [2.45, 2.75) is 57.5 Å². The first-order valence-electron chi connectivity index (χ1n) is 7.12. The molecule has 1 aliphatic rings. The lowest BCUT2D eigenvalue weighted by Crippen LogP contribution is -2.26. The van der Waals surface area contributed by atoms with Crippen LogP contribution in [-0.2, 0) is 0 Å². The number of fused-ring (bicyclic) bond motifs is 1. The maximum atomic E-state index is 10.5. The fourth-order valence-corrected chi connectivity index (χ4v) is 2.83. The molecule has 0 aromatic heterocycles. The Morgan fingerprint density at radius 3 is 2.78 bits per heavy atom. The van der Waals surface area contributed by atoms with Crippen molar-refractivity contribution in [1.29, 1.82) is 0 Å². The number of rotatable bonds is 6. The van der Waals surface area contributed by atoms with Gasteiger partial charge in [-0.05, 0) is 30.9 Å². The topological polar surface area (TPSA) is 20.2 Å². The molecule has 1 N–H and O–H groups in total. The van der Waals surface area contributed by atoms with Crippen LogP contribution in [0.4, 0.5) is 0 Å². The van der Waals surface area contributed by atoms with E-state index < -0.39 is 5.60 Å². The average Bonchev–Trinajstić information content (AvgIpc) is 2.72. The fraction of sp³-hybridized carbons (Fsp3) is 0.529. The van der Waals surface area contributed by atoms with Gasteiger partial charge in [-0.2, -0.15) is 0 Å². The molecule has 1 aromatic rings. The monoisotopic (exact) mass is 244 g/mol. The van der Waals surface area contributed by atoms with Crippen LogP contribution in [0.5, 0.6) is 0 Å². The molecular formula is C17H24O. The molecule has 0 amide bonds. The summed E-state index contributed by atoms with van der Waals surface area (Å²) in [7, 11) is 0. The molecule has 0 saturated carbocycles. The normalized spacial score (nSPS) is 20.7. The number of hydrogen-bond donors (Lipinski definition) is 1. The van der Waals surface area contributed by atoms with Gasteiger partial charge in [0.05, 0.1) is 5.60 Å². The first-order valence-corrected chi connectivity index (χ1v) is 7.12. The maximum absolute atomic E-state index is 10.5. The molecule has 0 fully saturated rings. The second kappa shape index (κ2) is 5.71. The van der Waals surface area contributed by atoms with Gasteiger partial charge in [0.15, 0.2) is 0 Å². The van der Waals surface area contributed by atoms with Gasteiger partial charge in [-0.1, -0.05) is 62.6 Å². The van der Waals surface area contributed by atoms with Crippen molar-refractivity contribution in [3.63, 3.8) is 0 Å². The standard InChI is InChI=1S/C17H24O/c1-3-4-7-12-17(2,18)13-15-11-10-14-8-5-6-9-16(14)15/h5-6,8-11,15,18H,3-4,7,12-13H2,1-2H3. The van der Waals surface area contributed by atoms with Crippen molar-refractivity contribution in [3.05, 3.63) is 41.5 Å². The zero-order valence-corrected chi connectivity index (χ0v) is 11.5. The second-order valence-electron chi connectivity index (χ2n) is 5.75. The molecule has 18 heavy (non-hydrogen) atoms. The van der Waals surface area contributed by atoms with Crippen LogP contribution in [0.25, 0.3) is 6.08 Å². The summed E-state index contributed by atoms with van der Waals surface area (Å²) in [5, 5.41) is 10.5. The van der Waals surface area contributed by atoms with Gasteiger partial charge in [-0.3, -0.25) is 0 Å². The molecule has 1 aromatic carbocycles. The van der Waals surface area contributed by atoms with E-state index in [4.69, 9.17) is 0 Å². The maximum Gasteiger partial charge on any atom is 0.0628 e. The summed E-state index contributed by atoms with van der Waals surface area (Å²) >= 11 is 0. The third-order valence-corrected chi connectivity index (χ3v) is 3.88. The van der Waals surface area contributed by atoms with Gasteiger partial charge in [0.1, 0.15) is 0 Å². The smallest absolute Gasteiger partial charge is 0.0628 e. The van der Waals surface area contributed by atoms with E-state index in [9.17, 15) is 5.11 Å². The highest BCUT2D eigenvalue weighted by Crippen LogP contribution is 2.36. The highest BCUT2D eigenvalue weighted by atomic mass is 16.3. The van der Waals surface area contributed by atoms with E-state index in [1.165, 1.54) is 24.0 Å². The quantitative estimate of drug-likeness (QED) is 0.729. The Balaban J connectivity index is 1.96. The Hall–Kier alpha value is -1.08. The van der Waals surface area contributed by atoms with E-state index in [2.05, 4.69) is 43.3 Å². The van der Waals surface area contributed by atoms with Crippen LogP contribution in [0.2, 0.25) is 0 Å². The molecule has 0 bridgehead atoms. The van der Waals surface area contributed by atoms with Crippen LogP contribution in [0.1, 0.15) is 63.0 Å². The summed E-state index contributed by atoms with van der Waals surface area (Å²) in [6, 6.07) is 8.50. The van der Waals surface area contributed by atoms with Crippen molar-refractivity contribution >= 4 is 6.08 Å². The predicted octanol–water partition coefficient (Wildman–Crippen LogP) is 4.52. The highest BCUT2D eigenvalue weighted by Gasteiger charge is 2.27. The molecule has 98 valence electrons. The van der Waals surface area contributed by atoms with Crippen molar-refractivity contribution in [2.75, 3.05) is 0 Å². The minimum Gasteiger partial charge on any atom is -0.390 e. The van der Waals surface area contributed by atoms with Crippen LogP contribution < -0.4 is 0 Å². The Bertz CT molecular complexity index is 417. The van der Waals surface area contributed by atoms with E-state index in [0.29, 0.717) is 5.92 Å². The fourth-order valence-electron chi connectivity index (χ4n) is 2.83. The predicted molar refractivity (Wildman–Crippen MR) is 77.6 cm³/mol. The van der Waals surface area contributed by atoms with Gasteiger partial charge < -0.3 is 5.11 Å². The molecule has 0 spiro atoms. The summed E-state index contributed by atoms with van der Waals surface area (Å²) in [6.45, 7) is 4.18. The van der Waals surface area contributed by atoms with Crippen molar-refractivity contribution in [1.82, 2.24) is 0 Å². The second-order valence-corrected chi connectivity index (χ2v) is 5.75. The molecule has 1 heteroatoms. The van der Waals surface area contributed by atoms with Crippen LogP contribution in [0.3, 0.4) is 0 Å². The van der Waals surface area contributed by atoms with Gasteiger partial charge >= 0.3 is 0 Å². The SMILES string of the molecule is CCCCCC(C)(O)CC1C=Cc2ccccc21. The van der Waals surface area contributed by atoms with E-state index >= 15 is 0 Å². The van der Waals surface area contributed by atoms with Gasteiger partial charge in [-0.15, -0.1) is 0 Å². The molecule has 1 aliphatic carbocycles. The first kappa shape index (κ1) is 13.4. The minimum absolute atomic E-state index is 0.387. The molecule has 0 aliphatic heterocycles. The summed E-state index contributed by atoms with van der Waals surface area (Å²) < 4.78 is 0. The van der Waals surface area contributed by atoms with Crippen molar-refractivity contribution in [2.24, 2.45) is 0 Å². The van der Waals surface area contributed by atoms with Crippen LogP contribution in [0, 0.1) is 0 Å². The van der Waals surface area contributed by atoms with Crippen molar-refractivity contribution in [3.8, 4) is 0 Å². The molecule has 1 nitrogen and oxygen atoms in total. The first-order chi connectivity index (χ1) is 8.62. The Kier molecular flexibility index (Phi) is 4.23. The third kappa shape index (κ3) is 3.23. The number of benzene rings is 1. The zero-order chi connectivity index (χ0) is 13.0. The van der Waals surface area contributed by atoms with Gasteiger partial charge in [0.25, 0.3) is 0 Å². The van der Waals surface area contributed by atoms with Crippen LogP contribution in [0.15, 0.2) is 30.3 Å². The van der Waals surface area contributed by atoms with Crippen molar-refractivity contribution < 1.29 is 5.11 Å². The summed E-state index contributed by atoms with van der Waals surface area (Å²) in [5.41, 5.74) is 2.14. The lowest BCUT2D eigenvalue weighted by atomic mass is 9.85. The zero-order valence-electron chi connectivity index (χ0n) is 11.5. The number of hydrogen-bond acceptors (Lipinski definition) is 1. The summed E-state index contributed by atoms with van der Waals surface area (Å²) in [4.78, 5) is 0. The molecular weight excluding hydrogens is 220 g/mol. The molecule has 0 radical (unpaired) electrons. The Labute approximate surface area is 111 Å². The van der Waals surface area contributed by atoms with Gasteiger partial charge in [-0.25, -0.2) is 0 Å². The van der Waals surface area contributed by atoms with Crippen LogP contribution >= 0.6 is 0 Å².